The summed E-state index contributed by atoms with van der Waals surface area (Å²) in [5, 5.41) is 29.3. The van der Waals surface area contributed by atoms with Crippen LogP contribution in [0.25, 0.3) is 0 Å². The zero-order valence-corrected chi connectivity index (χ0v) is 23.0. The van der Waals surface area contributed by atoms with Crippen LogP contribution in [-0.2, 0) is 27.3 Å². The van der Waals surface area contributed by atoms with Gasteiger partial charge in [0.05, 0.1) is 0 Å². The van der Waals surface area contributed by atoms with Crippen molar-refractivity contribution in [3.63, 3.8) is 0 Å². The molecule has 0 bridgehead atoms. The molecule has 0 radical (unpaired) electrons. The summed E-state index contributed by atoms with van der Waals surface area (Å²) in [6, 6.07) is 0. The topological polar surface area (TPSA) is 261 Å². The molecule has 27 heavy (non-hydrogen) atoms. The summed E-state index contributed by atoms with van der Waals surface area (Å²) in [5.41, 5.74) is 0. The van der Waals surface area contributed by atoms with Crippen LogP contribution in [0.15, 0.2) is 0 Å². The molecule has 0 unspecified atom stereocenters. The largest absolute Gasteiger partial charge is 1.00 e. The van der Waals surface area contributed by atoms with Crippen molar-refractivity contribution >= 4 is 23.5 Å². The number of aliphatic hydroxyl groups is 3. The average Bonchev–Trinajstić information content (AvgIpc) is 2.32. The molecule has 0 aromatic rings. The predicted octanol–water partition coefficient (Wildman–Crippen LogP) is -12.5. The number of hydrogen-bond donors (Lipinski definition) is 9. The van der Waals surface area contributed by atoms with Crippen LogP contribution in [-0.4, -0.2) is 81.3 Å². The summed E-state index contributed by atoms with van der Waals surface area (Å²) in [4.78, 5) is 52.4. The summed E-state index contributed by atoms with van der Waals surface area (Å²) < 4.78 is 44.7. The van der Waals surface area contributed by atoms with E-state index in [0.717, 1.165) is 0 Å². The second-order valence-corrected chi connectivity index (χ2v) is 8.23. The third kappa shape index (κ3) is 12.1. The maximum Gasteiger partial charge on any atom is 1.00 e. The molecule has 144 valence electrons. The summed E-state index contributed by atoms with van der Waals surface area (Å²) in [6.07, 6.45) is -14.3. The minimum atomic E-state index is -5.43. The van der Waals surface area contributed by atoms with E-state index in [-0.39, 0.29) is 88.7 Å². The van der Waals surface area contributed by atoms with Gasteiger partial charge in [-0.25, -0.2) is 13.7 Å². The van der Waals surface area contributed by atoms with Gasteiger partial charge in [0, 0.05) is 0 Å². The molecule has 0 amide bonds. The third-order valence-corrected chi connectivity index (χ3v) is 4.35. The van der Waals surface area contributed by atoms with Gasteiger partial charge in [0.15, 0.2) is 0 Å². The van der Waals surface area contributed by atoms with E-state index in [2.05, 4.69) is 13.6 Å². The smallest absolute Gasteiger partial charge is 0.387 e. The molecule has 1 saturated carbocycles. The zero-order chi connectivity index (χ0) is 19.1. The molecule has 1 fully saturated rings. The Kier molecular flexibility index (Phi) is 16.8. The van der Waals surface area contributed by atoms with Crippen molar-refractivity contribution in [3.05, 3.63) is 0 Å². The van der Waals surface area contributed by atoms with Crippen LogP contribution in [0.1, 0.15) is 0 Å². The van der Waals surface area contributed by atoms with E-state index >= 15 is 0 Å². The number of aliphatic hydroxyl groups excluding tert-OH is 3. The van der Waals surface area contributed by atoms with Crippen LogP contribution in [0.5, 0.6) is 0 Å². The molecule has 1 aliphatic rings. The molecule has 1 aliphatic carbocycles. The number of rotatable bonds is 6. The van der Waals surface area contributed by atoms with Crippen LogP contribution >= 0.6 is 23.5 Å². The fraction of sp³-hybridized carbons (Fsp3) is 1.00. The molecule has 0 aromatic carbocycles. The first kappa shape index (κ1) is 34.8. The number of phosphoric ester groups is 3. The minimum absolute atomic E-state index is 0. The molecule has 0 heterocycles. The SMILES string of the molecule is O=P(O)(O)O[C@H]1[C@@H](O)[C@H](O)[C@@H](OP(=O)(O)O)[C@H](OP(=O)(O)O)[C@H]1O.[Na+].[Na+].[Na+]. The first-order chi connectivity index (χ1) is 10.5. The number of hydrogen-bond acceptors (Lipinski definition) is 9. The molecule has 9 N–H and O–H groups in total. The Bertz CT molecular complexity index is 587. The Balaban J connectivity index is -0.00000192. The quantitative estimate of drug-likeness (QED) is 0.124. The Morgan fingerprint density at radius 2 is 0.704 bits per heavy atom. The summed E-state index contributed by atoms with van der Waals surface area (Å²) in [6.45, 7) is 0. The number of phosphoric acid groups is 3. The molecule has 15 nitrogen and oxygen atoms in total. The molecule has 1 rings (SSSR count). The third-order valence-electron chi connectivity index (χ3n) is 2.80. The van der Waals surface area contributed by atoms with E-state index in [1.54, 1.807) is 0 Å². The zero-order valence-electron chi connectivity index (χ0n) is 14.3. The van der Waals surface area contributed by atoms with Crippen LogP contribution in [0.3, 0.4) is 0 Å². The van der Waals surface area contributed by atoms with E-state index in [1.165, 1.54) is 0 Å². The maximum atomic E-state index is 10.9. The predicted molar refractivity (Wildman–Crippen MR) is 68.8 cm³/mol. The van der Waals surface area contributed by atoms with Crippen LogP contribution in [0.2, 0.25) is 0 Å². The van der Waals surface area contributed by atoms with Crippen molar-refractivity contribution < 1.29 is 161 Å². The van der Waals surface area contributed by atoms with Crippen molar-refractivity contribution in [2.45, 2.75) is 36.6 Å². The molecular formula is C6H15Na3O15P3+3. The Hall–Kier alpha value is 3.21. The van der Waals surface area contributed by atoms with Crippen LogP contribution in [0, 0.1) is 0 Å². The van der Waals surface area contributed by atoms with Gasteiger partial charge in [-0.3, -0.25) is 13.6 Å². The van der Waals surface area contributed by atoms with Gasteiger partial charge in [0.1, 0.15) is 36.6 Å². The van der Waals surface area contributed by atoms with Crippen molar-refractivity contribution in [3.8, 4) is 0 Å². The van der Waals surface area contributed by atoms with Crippen LogP contribution in [0.4, 0.5) is 0 Å². The van der Waals surface area contributed by atoms with Gasteiger partial charge in [-0.15, -0.1) is 0 Å². The van der Waals surface area contributed by atoms with Crippen molar-refractivity contribution in [1.82, 2.24) is 0 Å². The van der Waals surface area contributed by atoms with Gasteiger partial charge >= 0.3 is 112 Å². The average molecular weight is 489 g/mol. The van der Waals surface area contributed by atoms with E-state index < -0.39 is 60.1 Å². The molecule has 21 heteroatoms. The summed E-state index contributed by atoms with van der Waals surface area (Å²) in [5.74, 6) is 0. The van der Waals surface area contributed by atoms with Gasteiger partial charge in [-0.1, -0.05) is 0 Å². The van der Waals surface area contributed by atoms with Crippen LogP contribution < -0.4 is 88.7 Å². The summed E-state index contributed by atoms with van der Waals surface area (Å²) >= 11 is 0. The van der Waals surface area contributed by atoms with E-state index in [0.29, 0.717) is 0 Å². The Labute approximate surface area is 218 Å². The Morgan fingerprint density at radius 3 is 1.00 bits per heavy atom. The normalized spacial score (nSPS) is 31.9. The first-order valence-electron chi connectivity index (χ1n) is 5.78. The van der Waals surface area contributed by atoms with Crippen molar-refractivity contribution in [2.24, 2.45) is 0 Å². The molecule has 0 spiro atoms. The minimum Gasteiger partial charge on any atom is -0.387 e. The molecule has 6 atom stereocenters. The second kappa shape index (κ2) is 13.0. The molecule has 0 aromatic heterocycles. The van der Waals surface area contributed by atoms with E-state index in [1.807, 2.05) is 0 Å². The van der Waals surface area contributed by atoms with Gasteiger partial charge in [-0.2, -0.15) is 0 Å². The van der Waals surface area contributed by atoms with E-state index in [9.17, 15) is 29.0 Å². The maximum absolute atomic E-state index is 10.9. The van der Waals surface area contributed by atoms with Crippen molar-refractivity contribution in [1.29, 1.82) is 0 Å². The fourth-order valence-corrected chi connectivity index (χ4v) is 3.70. The van der Waals surface area contributed by atoms with Gasteiger partial charge in [0.25, 0.3) is 0 Å². The first-order valence-corrected chi connectivity index (χ1v) is 10.4. The molecule has 0 saturated heterocycles. The van der Waals surface area contributed by atoms with Crippen molar-refractivity contribution in [2.75, 3.05) is 0 Å². The van der Waals surface area contributed by atoms with Gasteiger partial charge < -0.3 is 44.7 Å². The van der Waals surface area contributed by atoms with Gasteiger partial charge in [-0.05, 0) is 0 Å². The van der Waals surface area contributed by atoms with E-state index in [4.69, 9.17) is 29.4 Å². The van der Waals surface area contributed by atoms with Gasteiger partial charge in [0.2, 0.25) is 0 Å². The molecule has 0 aliphatic heterocycles. The monoisotopic (exact) mass is 489 g/mol. The molecular weight excluding hydrogens is 474 g/mol. The second-order valence-electron chi connectivity index (χ2n) is 4.65. The standard InChI is InChI=1S/C6H15O15P3.3Na/c7-1-2(8)5(20-23(13,14)15)6(21-24(16,17)18)3(9)4(1)19-22(10,11)12;;;/h1-9H,(H2,10,11,12)(H2,13,14,15)(H2,16,17,18);;;/q;3*+1/t1-,2-,3-,4-,5+,6+;;;/m0.../s1. The fourth-order valence-electron chi connectivity index (χ4n) is 2.01. The Morgan fingerprint density at radius 1 is 0.481 bits per heavy atom. The summed E-state index contributed by atoms with van der Waals surface area (Å²) in [7, 11) is -16.2.